The van der Waals surface area contributed by atoms with Gasteiger partial charge in [-0.15, -0.1) is 0 Å². The topological polar surface area (TPSA) is 131 Å². The number of allylic oxidation sites excluding steroid dienone is 8. The first kappa shape index (κ1) is 57.0. The van der Waals surface area contributed by atoms with Gasteiger partial charge in [0, 0.05) is 19.4 Å². The van der Waals surface area contributed by atoms with E-state index in [-0.39, 0.29) is 32.1 Å². The van der Waals surface area contributed by atoms with E-state index < -0.39 is 26.5 Å². The van der Waals surface area contributed by atoms with Gasteiger partial charge >= 0.3 is 13.8 Å². The predicted octanol–water partition coefficient (Wildman–Crippen LogP) is 13.9. The van der Waals surface area contributed by atoms with Crippen LogP contribution >= 0.6 is 7.82 Å². The summed E-state index contributed by atoms with van der Waals surface area (Å²) in [5, 5.41) is 12.7. The molecule has 0 aromatic rings. The number of hydrogen-bond donors (Lipinski definition) is 3. The van der Waals surface area contributed by atoms with Gasteiger partial charge in [0.2, 0.25) is 5.91 Å². The highest BCUT2D eigenvalue weighted by Gasteiger charge is 2.23. The Morgan fingerprint density at radius 1 is 0.525 bits per heavy atom. The van der Waals surface area contributed by atoms with Crippen molar-refractivity contribution in [2.75, 3.05) is 26.4 Å². The lowest BCUT2D eigenvalue weighted by Crippen LogP contribution is -2.27. The molecule has 344 valence electrons. The Balaban J connectivity index is 3.60. The first-order chi connectivity index (χ1) is 28.8. The number of ether oxygens (including phenoxy) is 1. The van der Waals surface area contributed by atoms with Crippen LogP contribution in [-0.4, -0.2) is 54.3 Å². The molecule has 0 saturated heterocycles. The summed E-state index contributed by atoms with van der Waals surface area (Å²) in [4.78, 5) is 34.0. The molecule has 10 heteroatoms. The van der Waals surface area contributed by atoms with Gasteiger partial charge in [-0.3, -0.25) is 18.6 Å². The van der Waals surface area contributed by atoms with Gasteiger partial charge in [0.1, 0.15) is 12.7 Å². The van der Waals surface area contributed by atoms with Crippen LogP contribution in [0.5, 0.6) is 0 Å². The number of carbonyl (C=O) groups excluding carboxylic acids is 2. The fraction of sp³-hybridized carbons (Fsp3) is 0.796. The molecular weight excluding hydrogens is 762 g/mol. The summed E-state index contributed by atoms with van der Waals surface area (Å²) in [6.07, 6.45) is 53.2. The summed E-state index contributed by atoms with van der Waals surface area (Å²) >= 11 is 0. The minimum absolute atomic E-state index is 0.0785. The lowest BCUT2D eigenvalue weighted by Gasteiger charge is -2.15. The van der Waals surface area contributed by atoms with Crippen LogP contribution in [0.1, 0.15) is 219 Å². The lowest BCUT2D eigenvalue weighted by molar-refractivity contribution is -0.147. The van der Waals surface area contributed by atoms with Crippen LogP contribution in [0.3, 0.4) is 0 Å². The molecule has 0 heterocycles. The Bertz CT molecular complexity index is 1110. The average Bonchev–Trinajstić information content (AvgIpc) is 3.22. The van der Waals surface area contributed by atoms with Crippen LogP contribution in [0.25, 0.3) is 0 Å². The van der Waals surface area contributed by atoms with Crippen LogP contribution in [0.15, 0.2) is 48.6 Å². The Morgan fingerprint density at radius 3 is 1.42 bits per heavy atom. The number of phosphoric ester groups is 1. The minimum Gasteiger partial charge on any atom is -0.463 e. The minimum atomic E-state index is -4.42. The van der Waals surface area contributed by atoms with Crippen molar-refractivity contribution >= 4 is 19.7 Å². The molecule has 9 nitrogen and oxygen atoms in total. The standard InChI is InChI=1S/C49H90NO8P/c1-3-5-7-9-11-13-15-17-19-21-23-25-27-29-31-33-35-37-39-41-48(52)50-43-44-57-59(54,55)58-46-47(51)45-56-49(53)42-40-38-36-34-32-30-28-26-24-22-20-18-16-14-12-10-8-6-4-2/h12,14,17-20,24,26,47,51H,3-11,13,15-16,21-23,25,27-46H2,1-2H3,(H,50,52)(H,54,55)/b14-12-,19-17+,20-18-,26-24-. The zero-order chi connectivity index (χ0) is 43.2. The number of aliphatic hydroxyl groups excluding tert-OH is 1. The van der Waals surface area contributed by atoms with Gasteiger partial charge in [0.15, 0.2) is 0 Å². The molecule has 0 bridgehead atoms. The van der Waals surface area contributed by atoms with Crippen molar-refractivity contribution < 1.29 is 37.9 Å². The molecule has 0 aliphatic rings. The van der Waals surface area contributed by atoms with E-state index in [0.717, 1.165) is 64.2 Å². The van der Waals surface area contributed by atoms with Crippen molar-refractivity contribution in [1.82, 2.24) is 5.32 Å². The highest BCUT2D eigenvalue weighted by Crippen LogP contribution is 2.42. The third-order valence-corrected chi connectivity index (χ3v) is 11.2. The molecule has 2 atom stereocenters. The fourth-order valence-corrected chi connectivity index (χ4v) is 7.32. The monoisotopic (exact) mass is 852 g/mol. The first-order valence-corrected chi connectivity index (χ1v) is 25.6. The number of rotatable bonds is 45. The highest BCUT2D eigenvalue weighted by atomic mass is 31.2. The third-order valence-electron chi connectivity index (χ3n) is 10.2. The maximum atomic E-state index is 12.1. The van der Waals surface area contributed by atoms with E-state index >= 15 is 0 Å². The maximum absolute atomic E-state index is 12.1. The van der Waals surface area contributed by atoms with Gasteiger partial charge in [-0.2, -0.15) is 0 Å². The molecule has 0 radical (unpaired) electrons. The van der Waals surface area contributed by atoms with Gasteiger partial charge < -0.3 is 20.1 Å². The number of nitrogens with one attached hydrogen (secondary N) is 1. The number of carbonyl (C=O) groups is 2. The smallest absolute Gasteiger partial charge is 0.463 e. The van der Waals surface area contributed by atoms with Crippen LogP contribution in [0.4, 0.5) is 0 Å². The Morgan fingerprint density at radius 2 is 0.915 bits per heavy atom. The summed E-state index contributed by atoms with van der Waals surface area (Å²) < 4.78 is 26.9. The van der Waals surface area contributed by atoms with Crippen molar-refractivity contribution in [3.05, 3.63) is 48.6 Å². The molecule has 3 N–H and O–H groups in total. The quantitative estimate of drug-likeness (QED) is 0.0239. The van der Waals surface area contributed by atoms with Crippen LogP contribution in [0, 0.1) is 0 Å². The van der Waals surface area contributed by atoms with Gasteiger partial charge in [-0.1, -0.05) is 178 Å². The second kappa shape index (κ2) is 45.5. The molecular formula is C49H90NO8P. The highest BCUT2D eigenvalue weighted by molar-refractivity contribution is 7.47. The number of unbranched alkanes of at least 4 members (excludes halogenated alkanes) is 24. The van der Waals surface area contributed by atoms with Crippen molar-refractivity contribution in [1.29, 1.82) is 0 Å². The van der Waals surface area contributed by atoms with Crippen LogP contribution in [-0.2, 0) is 27.9 Å². The molecule has 0 fully saturated rings. The van der Waals surface area contributed by atoms with E-state index in [1.54, 1.807) is 0 Å². The van der Waals surface area contributed by atoms with E-state index in [9.17, 15) is 24.2 Å². The molecule has 0 saturated carbocycles. The van der Waals surface area contributed by atoms with Gasteiger partial charge in [-0.25, -0.2) is 4.57 Å². The second-order valence-electron chi connectivity index (χ2n) is 16.1. The fourth-order valence-electron chi connectivity index (χ4n) is 6.56. The molecule has 0 spiro atoms. The van der Waals surface area contributed by atoms with Gasteiger partial charge in [0.25, 0.3) is 0 Å². The molecule has 0 aliphatic carbocycles. The van der Waals surface area contributed by atoms with E-state index in [4.69, 9.17) is 13.8 Å². The lowest BCUT2D eigenvalue weighted by atomic mass is 10.1. The summed E-state index contributed by atoms with van der Waals surface area (Å²) in [7, 11) is -4.42. The zero-order valence-corrected chi connectivity index (χ0v) is 38.8. The van der Waals surface area contributed by atoms with E-state index in [2.05, 4.69) is 67.8 Å². The number of aliphatic hydroxyl groups is 1. The number of hydrogen-bond acceptors (Lipinski definition) is 7. The Hall–Kier alpha value is -2.03. The molecule has 0 aromatic carbocycles. The number of phosphoric acid groups is 1. The average molecular weight is 852 g/mol. The molecule has 59 heavy (non-hydrogen) atoms. The first-order valence-electron chi connectivity index (χ1n) is 24.1. The van der Waals surface area contributed by atoms with Crippen molar-refractivity contribution in [2.24, 2.45) is 0 Å². The summed E-state index contributed by atoms with van der Waals surface area (Å²) in [5.41, 5.74) is 0. The van der Waals surface area contributed by atoms with E-state index in [1.807, 2.05) is 0 Å². The molecule has 0 aromatic heterocycles. The van der Waals surface area contributed by atoms with E-state index in [0.29, 0.717) is 6.42 Å². The summed E-state index contributed by atoms with van der Waals surface area (Å²) in [5.74, 6) is -0.529. The third kappa shape index (κ3) is 46.9. The SMILES string of the molecule is CCCCC/C=C\C/C=C\C/C=C\CCCCCCCCC(=O)OCC(O)COP(=O)(O)OCCNC(=O)CCCCCCCCCCC/C=C/CCCCCCCC. The number of amides is 1. The second-order valence-corrected chi connectivity index (χ2v) is 17.5. The molecule has 2 unspecified atom stereocenters. The Labute approximate surface area is 362 Å². The molecule has 0 rings (SSSR count). The van der Waals surface area contributed by atoms with Crippen LogP contribution in [0.2, 0.25) is 0 Å². The summed E-state index contributed by atoms with van der Waals surface area (Å²) in [6, 6.07) is 0. The van der Waals surface area contributed by atoms with Crippen molar-refractivity contribution in [3.63, 3.8) is 0 Å². The van der Waals surface area contributed by atoms with Crippen molar-refractivity contribution in [3.8, 4) is 0 Å². The van der Waals surface area contributed by atoms with Gasteiger partial charge in [-0.05, 0) is 77.0 Å². The number of esters is 1. The molecule has 1 amide bonds. The molecule has 0 aliphatic heterocycles. The van der Waals surface area contributed by atoms with Crippen LogP contribution < -0.4 is 5.32 Å². The van der Waals surface area contributed by atoms with Gasteiger partial charge in [0.05, 0.1) is 13.2 Å². The normalized spacial score (nSPS) is 13.6. The predicted molar refractivity (Wildman–Crippen MR) is 247 cm³/mol. The zero-order valence-electron chi connectivity index (χ0n) is 37.9. The maximum Gasteiger partial charge on any atom is 0.472 e. The van der Waals surface area contributed by atoms with Crippen molar-refractivity contribution in [2.45, 2.75) is 225 Å². The largest absolute Gasteiger partial charge is 0.472 e. The Kier molecular flexibility index (Phi) is 43.9. The summed E-state index contributed by atoms with van der Waals surface area (Å²) in [6.45, 7) is 3.52. The van der Waals surface area contributed by atoms with E-state index in [1.165, 1.54) is 128 Å².